The molecular weight excluding hydrogens is 234 g/mol. The second kappa shape index (κ2) is 6.57. The topological polar surface area (TPSA) is 29.5 Å². The monoisotopic (exact) mass is 261 g/mol. The van der Waals surface area contributed by atoms with Gasteiger partial charge in [0.25, 0.3) is 0 Å². The molecule has 2 atom stereocenters. The van der Waals surface area contributed by atoms with E-state index in [2.05, 4.69) is 19.4 Å². The van der Waals surface area contributed by atoms with Crippen molar-refractivity contribution in [3.63, 3.8) is 0 Å². The molecule has 17 heavy (non-hydrogen) atoms. The quantitative estimate of drug-likeness (QED) is 0.495. The molecule has 0 radical (unpaired) electrons. The average Bonchev–Trinajstić information content (AvgIpc) is 2.16. The molecule has 102 valence electrons. The first-order valence-corrected chi connectivity index (χ1v) is 7.91. The fourth-order valence-corrected chi connectivity index (χ4v) is 2.13. The first kappa shape index (κ1) is 16.7. The zero-order valence-electron chi connectivity index (χ0n) is 11.9. The van der Waals surface area contributed by atoms with E-state index in [0.29, 0.717) is 6.61 Å². The van der Waals surface area contributed by atoms with Crippen LogP contribution in [0.3, 0.4) is 0 Å². The van der Waals surface area contributed by atoms with E-state index in [4.69, 9.17) is 4.74 Å². The SMILES string of the molecule is C=C(C)C(C)(CCCN(C)S(=C)(C)=O)COC. The van der Waals surface area contributed by atoms with Crippen LogP contribution in [-0.4, -0.2) is 47.9 Å². The van der Waals surface area contributed by atoms with Gasteiger partial charge in [0.2, 0.25) is 0 Å². The lowest BCUT2D eigenvalue weighted by molar-refractivity contribution is 0.107. The van der Waals surface area contributed by atoms with Crippen molar-refractivity contribution in [3.05, 3.63) is 12.2 Å². The summed E-state index contributed by atoms with van der Waals surface area (Å²) in [5, 5.41) is 0. The van der Waals surface area contributed by atoms with E-state index in [9.17, 15) is 4.21 Å². The summed E-state index contributed by atoms with van der Waals surface area (Å²) in [5.74, 6) is 3.67. The lowest BCUT2D eigenvalue weighted by Crippen LogP contribution is -2.29. The van der Waals surface area contributed by atoms with Gasteiger partial charge in [-0.2, -0.15) is 0 Å². The predicted molar refractivity (Wildman–Crippen MR) is 77.8 cm³/mol. The third-order valence-corrected chi connectivity index (χ3v) is 4.86. The maximum atomic E-state index is 11.7. The standard InChI is InChI=1S/C13H27NO2S/c1-12(2)13(3,11-16-5)9-8-10-14(4)17(6,7)15/h1,6,8-11H2,2-5,7H3. The molecule has 0 amide bonds. The molecule has 0 aromatic carbocycles. The fourth-order valence-electron chi connectivity index (χ4n) is 1.61. The summed E-state index contributed by atoms with van der Waals surface area (Å²) in [6, 6.07) is 0. The number of ether oxygens (including phenoxy) is 1. The van der Waals surface area contributed by atoms with E-state index in [1.165, 1.54) is 0 Å². The van der Waals surface area contributed by atoms with E-state index in [1.54, 1.807) is 13.4 Å². The van der Waals surface area contributed by atoms with E-state index in [1.807, 2.05) is 18.3 Å². The molecule has 3 nitrogen and oxygen atoms in total. The molecule has 0 fully saturated rings. The predicted octanol–water partition coefficient (Wildman–Crippen LogP) is 2.19. The lowest BCUT2D eigenvalue weighted by Gasteiger charge is -2.30. The van der Waals surface area contributed by atoms with Gasteiger partial charge in [-0.3, -0.25) is 4.21 Å². The molecule has 4 heteroatoms. The molecule has 0 bridgehead atoms. The van der Waals surface area contributed by atoms with Crippen LogP contribution in [-0.2, 0) is 14.4 Å². The van der Waals surface area contributed by atoms with Crippen molar-refractivity contribution < 1.29 is 8.95 Å². The van der Waals surface area contributed by atoms with Gasteiger partial charge in [-0.25, -0.2) is 4.31 Å². The maximum absolute atomic E-state index is 11.7. The van der Waals surface area contributed by atoms with Gasteiger partial charge in [0.1, 0.15) is 0 Å². The highest BCUT2D eigenvalue weighted by atomic mass is 32.2. The highest BCUT2D eigenvalue weighted by Gasteiger charge is 2.25. The van der Waals surface area contributed by atoms with Gasteiger partial charge in [-0.1, -0.05) is 19.1 Å². The molecule has 0 saturated carbocycles. The molecule has 0 aromatic rings. The van der Waals surface area contributed by atoms with Gasteiger partial charge in [0, 0.05) is 35.0 Å². The second-order valence-electron chi connectivity index (χ2n) is 5.19. The summed E-state index contributed by atoms with van der Waals surface area (Å²) in [4.78, 5) is 0. The van der Waals surface area contributed by atoms with E-state index in [0.717, 1.165) is 25.0 Å². The Morgan fingerprint density at radius 3 is 2.41 bits per heavy atom. The molecule has 0 aliphatic carbocycles. The Bertz CT molecular complexity index is 348. The Kier molecular flexibility index (Phi) is 6.45. The molecular formula is C13H27NO2S. The van der Waals surface area contributed by atoms with Crippen molar-refractivity contribution in [1.29, 1.82) is 0 Å². The summed E-state index contributed by atoms with van der Waals surface area (Å²) >= 11 is 0. The third-order valence-electron chi connectivity index (χ3n) is 3.35. The van der Waals surface area contributed by atoms with Gasteiger partial charge < -0.3 is 4.74 Å². The van der Waals surface area contributed by atoms with Crippen molar-refractivity contribution in [2.75, 3.05) is 33.6 Å². The smallest absolute Gasteiger partial charge is 0.0553 e. The molecule has 2 unspecified atom stereocenters. The van der Waals surface area contributed by atoms with Crippen LogP contribution in [0.2, 0.25) is 0 Å². The van der Waals surface area contributed by atoms with Crippen LogP contribution in [0, 0.1) is 5.41 Å². The Labute approximate surface area is 107 Å². The minimum absolute atomic E-state index is 0.00534. The number of methoxy groups -OCH3 is 1. The molecule has 0 spiro atoms. The van der Waals surface area contributed by atoms with Gasteiger partial charge in [-0.15, -0.1) is 0 Å². The number of hydrogen-bond acceptors (Lipinski definition) is 2. The highest BCUT2D eigenvalue weighted by molar-refractivity contribution is 7.97. The van der Waals surface area contributed by atoms with Crippen LogP contribution in [0.4, 0.5) is 0 Å². The van der Waals surface area contributed by atoms with Crippen molar-refractivity contribution in [1.82, 2.24) is 4.31 Å². The zero-order valence-corrected chi connectivity index (χ0v) is 12.7. The van der Waals surface area contributed by atoms with Crippen LogP contribution >= 0.6 is 0 Å². The Morgan fingerprint density at radius 2 is 2.06 bits per heavy atom. The summed E-state index contributed by atoms with van der Waals surface area (Å²) < 4.78 is 18.7. The molecule has 0 saturated heterocycles. The van der Waals surface area contributed by atoms with Crippen LogP contribution in [0.5, 0.6) is 0 Å². The highest BCUT2D eigenvalue weighted by Crippen LogP contribution is 2.31. The van der Waals surface area contributed by atoms with E-state index >= 15 is 0 Å². The fraction of sp³-hybridized carbons (Fsp3) is 0.769. The number of hydrogen-bond donors (Lipinski definition) is 0. The summed E-state index contributed by atoms with van der Waals surface area (Å²) in [7, 11) is 1.49. The molecule has 0 heterocycles. The molecule has 0 aliphatic rings. The Hall–Kier alpha value is -0.320. The van der Waals surface area contributed by atoms with Gasteiger partial charge in [0.05, 0.1) is 6.61 Å². The van der Waals surface area contributed by atoms with Crippen LogP contribution < -0.4 is 0 Å². The summed E-state index contributed by atoms with van der Waals surface area (Å²) in [6.45, 7) is 9.69. The molecule has 0 aromatic heterocycles. The Balaban J connectivity index is 4.30. The normalized spacial score (nSPS) is 18.7. The van der Waals surface area contributed by atoms with Gasteiger partial charge in [0.15, 0.2) is 0 Å². The number of nitrogens with zero attached hydrogens (tertiary/aromatic N) is 1. The lowest BCUT2D eigenvalue weighted by atomic mass is 9.80. The first-order chi connectivity index (χ1) is 7.63. The van der Waals surface area contributed by atoms with Crippen LogP contribution in [0.1, 0.15) is 26.7 Å². The van der Waals surface area contributed by atoms with Crippen molar-refractivity contribution in [3.8, 4) is 0 Å². The van der Waals surface area contributed by atoms with Crippen LogP contribution in [0.25, 0.3) is 0 Å². The van der Waals surface area contributed by atoms with Gasteiger partial charge >= 0.3 is 0 Å². The third kappa shape index (κ3) is 5.70. The summed E-state index contributed by atoms with van der Waals surface area (Å²) in [5.41, 5.74) is 1.14. The Morgan fingerprint density at radius 1 is 1.53 bits per heavy atom. The van der Waals surface area contributed by atoms with E-state index in [-0.39, 0.29) is 5.41 Å². The average molecular weight is 261 g/mol. The molecule has 0 aliphatic heterocycles. The van der Waals surface area contributed by atoms with Gasteiger partial charge in [-0.05, 0) is 32.7 Å². The second-order valence-corrected chi connectivity index (χ2v) is 7.73. The van der Waals surface area contributed by atoms with Crippen molar-refractivity contribution >= 4 is 15.6 Å². The maximum Gasteiger partial charge on any atom is 0.0553 e. The summed E-state index contributed by atoms with van der Waals surface area (Å²) in [6.07, 6.45) is 3.61. The first-order valence-electron chi connectivity index (χ1n) is 5.82. The van der Waals surface area contributed by atoms with Crippen molar-refractivity contribution in [2.24, 2.45) is 5.41 Å². The molecule has 0 rings (SSSR count). The molecule has 0 N–H and O–H groups in total. The van der Waals surface area contributed by atoms with Crippen LogP contribution in [0.15, 0.2) is 12.2 Å². The largest absolute Gasteiger partial charge is 0.384 e. The minimum Gasteiger partial charge on any atom is -0.384 e. The minimum atomic E-state index is -2.07. The zero-order chi connectivity index (χ0) is 13.7. The van der Waals surface area contributed by atoms with Crippen molar-refractivity contribution in [2.45, 2.75) is 26.7 Å². The number of rotatable bonds is 8. The van der Waals surface area contributed by atoms with E-state index < -0.39 is 9.71 Å².